The standard InChI is InChI=1S/C21H22N2O4/c1-2-27-19-7-5-18(6-8-19)23-11-15(10-20(23)24)21(25)22-17-4-3-14-12-26-13-16(14)9-17/h3-9,15H,2,10-13H2,1H3,(H,22,25). The summed E-state index contributed by atoms with van der Waals surface area (Å²) in [6, 6.07) is 13.2. The van der Waals surface area contributed by atoms with E-state index in [-0.39, 0.29) is 24.2 Å². The van der Waals surface area contributed by atoms with Crippen LogP contribution in [0.4, 0.5) is 11.4 Å². The molecule has 0 aliphatic carbocycles. The van der Waals surface area contributed by atoms with E-state index in [1.54, 1.807) is 4.90 Å². The Morgan fingerprint density at radius 2 is 1.96 bits per heavy atom. The molecule has 140 valence electrons. The first-order valence-corrected chi connectivity index (χ1v) is 9.17. The molecule has 1 unspecified atom stereocenters. The van der Waals surface area contributed by atoms with Gasteiger partial charge in [0, 0.05) is 24.3 Å². The molecule has 0 spiro atoms. The molecule has 2 aliphatic rings. The Kier molecular flexibility index (Phi) is 4.81. The molecule has 6 nitrogen and oxygen atoms in total. The van der Waals surface area contributed by atoms with Crippen molar-refractivity contribution in [3.8, 4) is 5.75 Å². The van der Waals surface area contributed by atoms with Crippen molar-refractivity contribution >= 4 is 23.2 Å². The van der Waals surface area contributed by atoms with Crippen LogP contribution in [-0.2, 0) is 27.5 Å². The van der Waals surface area contributed by atoms with Gasteiger partial charge in [-0.2, -0.15) is 0 Å². The average Bonchev–Trinajstić information content (AvgIpc) is 3.29. The number of carbonyl (C=O) groups excluding carboxylic acids is 2. The van der Waals surface area contributed by atoms with Crippen LogP contribution in [0, 0.1) is 5.92 Å². The number of benzene rings is 2. The van der Waals surface area contributed by atoms with Crippen molar-refractivity contribution in [1.82, 2.24) is 0 Å². The van der Waals surface area contributed by atoms with Gasteiger partial charge in [0.2, 0.25) is 11.8 Å². The zero-order valence-corrected chi connectivity index (χ0v) is 15.2. The SMILES string of the molecule is CCOc1ccc(N2CC(C(=O)Nc3ccc4c(c3)COC4)CC2=O)cc1. The van der Waals surface area contributed by atoms with Gasteiger partial charge in [-0.05, 0) is 54.4 Å². The number of carbonyl (C=O) groups is 2. The second-order valence-electron chi connectivity index (χ2n) is 6.80. The van der Waals surface area contributed by atoms with Crippen molar-refractivity contribution in [2.75, 3.05) is 23.4 Å². The molecule has 2 aliphatic heterocycles. The van der Waals surface area contributed by atoms with E-state index < -0.39 is 0 Å². The number of hydrogen-bond acceptors (Lipinski definition) is 4. The number of nitrogens with one attached hydrogen (secondary N) is 1. The summed E-state index contributed by atoms with van der Waals surface area (Å²) in [7, 11) is 0. The lowest BCUT2D eigenvalue weighted by Gasteiger charge is -2.17. The fourth-order valence-corrected chi connectivity index (χ4v) is 3.52. The number of nitrogens with zero attached hydrogens (tertiary/aromatic N) is 1. The van der Waals surface area contributed by atoms with E-state index in [4.69, 9.17) is 9.47 Å². The van der Waals surface area contributed by atoms with Crippen LogP contribution in [0.25, 0.3) is 0 Å². The van der Waals surface area contributed by atoms with Crippen molar-refractivity contribution in [3.63, 3.8) is 0 Å². The zero-order chi connectivity index (χ0) is 18.8. The summed E-state index contributed by atoms with van der Waals surface area (Å²) in [5.41, 5.74) is 3.79. The van der Waals surface area contributed by atoms with Crippen molar-refractivity contribution in [2.24, 2.45) is 5.92 Å². The Labute approximate surface area is 158 Å². The predicted molar refractivity (Wildman–Crippen MR) is 102 cm³/mol. The fraction of sp³-hybridized carbons (Fsp3) is 0.333. The molecule has 1 saturated heterocycles. The Morgan fingerprint density at radius 3 is 2.74 bits per heavy atom. The van der Waals surface area contributed by atoms with E-state index in [0.717, 1.165) is 28.3 Å². The van der Waals surface area contributed by atoms with Gasteiger partial charge in [0.1, 0.15) is 5.75 Å². The highest BCUT2D eigenvalue weighted by molar-refractivity contribution is 6.03. The third-order valence-electron chi connectivity index (χ3n) is 4.94. The van der Waals surface area contributed by atoms with Crippen LogP contribution < -0.4 is 15.0 Å². The lowest BCUT2D eigenvalue weighted by atomic mass is 10.1. The third-order valence-corrected chi connectivity index (χ3v) is 4.94. The summed E-state index contributed by atoms with van der Waals surface area (Å²) < 4.78 is 10.8. The molecule has 1 fully saturated rings. The van der Waals surface area contributed by atoms with Crippen LogP contribution in [0.15, 0.2) is 42.5 Å². The topological polar surface area (TPSA) is 67.9 Å². The maximum atomic E-state index is 12.6. The van der Waals surface area contributed by atoms with Crippen molar-refractivity contribution < 1.29 is 19.1 Å². The Bertz CT molecular complexity index is 863. The lowest BCUT2D eigenvalue weighted by molar-refractivity contribution is -0.122. The number of hydrogen-bond donors (Lipinski definition) is 1. The van der Waals surface area contributed by atoms with Gasteiger partial charge < -0.3 is 19.7 Å². The summed E-state index contributed by atoms with van der Waals surface area (Å²) >= 11 is 0. The number of ether oxygens (including phenoxy) is 2. The summed E-state index contributed by atoms with van der Waals surface area (Å²) in [6.07, 6.45) is 0.215. The molecule has 4 rings (SSSR count). The molecule has 1 atom stereocenters. The number of amides is 2. The second kappa shape index (κ2) is 7.40. The first-order valence-electron chi connectivity index (χ1n) is 9.17. The normalized spacial score (nSPS) is 18.5. The van der Waals surface area contributed by atoms with Crippen LogP contribution in [0.3, 0.4) is 0 Å². The third kappa shape index (κ3) is 3.66. The molecule has 0 radical (unpaired) electrons. The molecule has 2 aromatic rings. The van der Waals surface area contributed by atoms with Crippen molar-refractivity contribution in [1.29, 1.82) is 0 Å². The minimum atomic E-state index is -0.367. The average molecular weight is 366 g/mol. The number of fused-ring (bicyclic) bond motifs is 1. The molecule has 2 heterocycles. The molecule has 6 heteroatoms. The van der Waals surface area contributed by atoms with Gasteiger partial charge in [0.05, 0.1) is 25.7 Å². The zero-order valence-electron chi connectivity index (χ0n) is 15.2. The molecule has 0 saturated carbocycles. The summed E-state index contributed by atoms with van der Waals surface area (Å²) in [5.74, 6) is 0.230. The molecule has 0 aromatic heterocycles. The minimum absolute atomic E-state index is 0.0401. The van der Waals surface area contributed by atoms with E-state index in [1.807, 2.05) is 49.4 Å². The minimum Gasteiger partial charge on any atom is -0.494 e. The van der Waals surface area contributed by atoms with Gasteiger partial charge in [-0.1, -0.05) is 6.07 Å². The first kappa shape index (κ1) is 17.5. The molecule has 2 amide bonds. The molecule has 2 aromatic carbocycles. The van der Waals surface area contributed by atoms with Gasteiger partial charge in [0.15, 0.2) is 0 Å². The Balaban J connectivity index is 1.41. The second-order valence-corrected chi connectivity index (χ2v) is 6.80. The van der Waals surface area contributed by atoms with Crippen LogP contribution >= 0.6 is 0 Å². The molecule has 0 bridgehead atoms. The highest BCUT2D eigenvalue weighted by atomic mass is 16.5. The van der Waals surface area contributed by atoms with Crippen LogP contribution in [0.1, 0.15) is 24.5 Å². The molecular formula is C21H22N2O4. The van der Waals surface area contributed by atoms with Gasteiger partial charge in [0.25, 0.3) is 0 Å². The fourth-order valence-electron chi connectivity index (χ4n) is 3.52. The molecule has 1 N–H and O–H groups in total. The van der Waals surface area contributed by atoms with Gasteiger partial charge in [-0.25, -0.2) is 0 Å². The van der Waals surface area contributed by atoms with E-state index >= 15 is 0 Å². The predicted octanol–water partition coefficient (Wildman–Crippen LogP) is 3.11. The van der Waals surface area contributed by atoms with Gasteiger partial charge in [-0.15, -0.1) is 0 Å². The Hall–Kier alpha value is -2.86. The first-order chi connectivity index (χ1) is 13.1. The van der Waals surface area contributed by atoms with E-state index in [1.165, 1.54) is 0 Å². The monoisotopic (exact) mass is 366 g/mol. The van der Waals surface area contributed by atoms with Crippen molar-refractivity contribution in [3.05, 3.63) is 53.6 Å². The van der Waals surface area contributed by atoms with E-state index in [2.05, 4.69) is 5.32 Å². The quantitative estimate of drug-likeness (QED) is 0.883. The molecular weight excluding hydrogens is 344 g/mol. The van der Waals surface area contributed by atoms with Crippen LogP contribution in [0.2, 0.25) is 0 Å². The number of anilines is 2. The van der Waals surface area contributed by atoms with Crippen LogP contribution in [-0.4, -0.2) is 25.0 Å². The van der Waals surface area contributed by atoms with Gasteiger partial charge in [-0.3, -0.25) is 9.59 Å². The largest absolute Gasteiger partial charge is 0.494 e. The van der Waals surface area contributed by atoms with Crippen molar-refractivity contribution in [2.45, 2.75) is 26.6 Å². The Morgan fingerprint density at radius 1 is 1.19 bits per heavy atom. The van der Waals surface area contributed by atoms with E-state index in [0.29, 0.717) is 26.4 Å². The maximum absolute atomic E-state index is 12.6. The summed E-state index contributed by atoms with van der Waals surface area (Å²) in [4.78, 5) is 26.7. The molecule has 27 heavy (non-hydrogen) atoms. The van der Waals surface area contributed by atoms with Gasteiger partial charge >= 0.3 is 0 Å². The highest BCUT2D eigenvalue weighted by Gasteiger charge is 2.35. The van der Waals surface area contributed by atoms with Crippen LogP contribution in [0.5, 0.6) is 5.75 Å². The smallest absolute Gasteiger partial charge is 0.229 e. The maximum Gasteiger partial charge on any atom is 0.229 e. The number of rotatable bonds is 5. The summed E-state index contributed by atoms with van der Waals surface area (Å²) in [5, 5.41) is 2.94. The van der Waals surface area contributed by atoms with E-state index in [9.17, 15) is 9.59 Å². The highest BCUT2D eigenvalue weighted by Crippen LogP contribution is 2.28. The summed E-state index contributed by atoms with van der Waals surface area (Å²) in [6.45, 7) is 4.10. The lowest BCUT2D eigenvalue weighted by Crippen LogP contribution is -2.28.